The molecule has 1 aromatic rings. The number of ether oxygens (including phenoxy) is 2. The van der Waals surface area contributed by atoms with Gasteiger partial charge in [0.1, 0.15) is 0 Å². The third-order valence-corrected chi connectivity index (χ3v) is 4.25. The van der Waals surface area contributed by atoms with Crippen LogP contribution in [0.1, 0.15) is 30.5 Å². The number of likely N-dealkylation sites (N-methyl/N-ethyl adjacent to an activating group) is 1. The third-order valence-electron chi connectivity index (χ3n) is 4.25. The summed E-state index contributed by atoms with van der Waals surface area (Å²) in [6.07, 6.45) is 1.36. The lowest BCUT2D eigenvalue weighted by atomic mass is 10.0. The van der Waals surface area contributed by atoms with E-state index in [4.69, 9.17) is 15.2 Å². The van der Waals surface area contributed by atoms with Crippen molar-refractivity contribution in [3.8, 4) is 0 Å². The van der Waals surface area contributed by atoms with Gasteiger partial charge in [0.2, 0.25) is 0 Å². The predicted molar refractivity (Wildman–Crippen MR) is 80.5 cm³/mol. The van der Waals surface area contributed by atoms with Crippen LogP contribution in [-0.4, -0.2) is 44.4 Å². The van der Waals surface area contributed by atoms with E-state index in [1.54, 1.807) is 7.11 Å². The standard InChI is InChI=1S/C16H26N2O2/c1-12-15(8-9-20-12)18(2)16(10-17)14-6-4-13(5-7-14)11-19-3/h4-7,12,15-16H,8-11,17H2,1-3H3. The summed E-state index contributed by atoms with van der Waals surface area (Å²) in [5.41, 5.74) is 8.45. The van der Waals surface area contributed by atoms with Gasteiger partial charge in [0.15, 0.2) is 0 Å². The Hall–Kier alpha value is -0.940. The third kappa shape index (κ3) is 3.38. The van der Waals surface area contributed by atoms with E-state index in [9.17, 15) is 0 Å². The fourth-order valence-electron chi connectivity index (χ4n) is 3.03. The largest absolute Gasteiger partial charge is 0.380 e. The summed E-state index contributed by atoms with van der Waals surface area (Å²) in [6.45, 7) is 4.25. The first kappa shape index (κ1) is 15.4. The second-order valence-electron chi connectivity index (χ2n) is 5.52. The molecule has 2 rings (SSSR count). The summed E-state index contributed by atoms with van der Waals surface area (Å²) in [5, 5.41) is 0. The van der Waals surface area contributed by atoms with Crippen LogP contribution in [0.15, 0.2) is 24.3 Å². The molecule has 1 aromatic carbocycles. The molecule has 0 aliphatic carbocycles. The number of hydrogen-bond acceptors (Lipinski definition) is 4. The van der Waals surface area contributed by atoms with Crippen LogP contribution in [0.3, 0.4) is 0 Å². The van der Waals surface area contributed by atoms with Crippen molar-refractivity contribution in [3.05, 3.63) is 35.4 Å². The number of nitrogens with two attached hydrogens (primary N) is 1. The monoisotopic (exact) mass is 278 g/mol. The Bertz CT molecular complexity index is 407. The van der Waals surface area contributed by atoms with Gasteiger partial charge < -0.3 is 15.2 Å². The first-order valence-electron chi connectivity index (χ1n) is 7.28. The maximum Gasteiger partial charge on any atom is 0.0713 e. The minimum absolute atomic E-state index is 0.237. The minimum Gasteiger partial charge on any atom is -0.380 e. The van der Waals surface area contributed by atoms with Gasteiger partial charge in [0.05, 0.1) is 12.7 Å². The molecule has 4 nitrogen and oxygen atoms in total. The summed E-state index contributed by atoms with van der Waals surface area (Å²) in [6, 6.07) is 9.22. The van der Waals surface area contributed by atoms with E-state index < -0.39 is 0 Å². The summed E-state index contributed by atoms with van der Waals surface area (Å²) in [4.78, 5) is 2.36. The van der Waals surface area contributed by atoms with E-state index in [0.29, 0.717) is 19.2 Å². The van der Waals surface area contributed by atoms with Gasteiger partial charge >= 0.3 is 0 Å². The lowest BCUT2D eigenvalue weighted by molar-refractivity contribution is 0.0686. The van der Waals surface area contributed by atoms with Gasteiger partial charge in [-0.2, -0.15) is 0 Å². The second kappa shape index (κ2) is 7.18. The van der Waals surface area contributed by atoms with Crippen molar-refractivity contribution in [2.75, 3.05) is 27.3 Å². The van der Waals surface area contributed by atoms with Crippen LogP contribution in [0.5, 0.6) is 0 Å². The Balaban J connectivity index is 2.10. The van der Waals surface area contributed by atoms with Crippen LogP contribution in [0.25, 0.3) is 0 Å². The van der Waals surface area contributed by atoms with Crippen LogP contribution in [-0.2, 0) is 16.1 Å². The van der Waals surface area contributed by atoms with Gasteiger partial charge in [-0.3, -0.25) is 4.90 Å². The van der Waals surface area contributed by atoms with Gasteiger partial charge in [-0.15, -0.1) is 0 Å². The SMILES string of the molecule is COCc1ccc(C(CN)N(C)C2CCOC2C)cc1. The highest BCUT2D eigenvalue weighted by atomic mass is 16.5. The highest BCUT2D eigenvalue weighted by molar-refractivity contribution is 5.25. The van der Waals surface area contributed by atoms with Gasteiger partial charge in [0, 0.05) is 32.3 Å². The van der Waals surface area contributed by atoms with Crippen LogP contribution in [0.2, 0.25) is 0 Å². The van der Waals surface area contributed by atoms with Crippen LogP contribution >= 0.6 is 0 Å². The Morgan fingerprint density at radius 3 is 2.60 bits per heavy atom. The van der Waals surface area contributed by atoms with Gasteiger partial charge in [-0.05, 0) is 31.5 Å². The molecule has 1 saturated heterocycles. The van der Waals surface area contributed by atoms with Gasteiger partial charge in [-0.25, -0.2) is 0 Å². The number of hydrogen-bond donors (Lipinski definition) is 1. The summed E-state index contributed by atoms with van der Waals surface area (Å²) < 4.78 is 10.8. The Morgan fingerprint density at radius 2 is 2.10 bits per heavy atom. The van der Waals surface area contributed by atoms with Crippen molar-refractivity contribution in [1.82, 2.24) is 4.90 Å². The van der Waals surface area contributed by atoms with Crippen LogP contribution in [0, 0.1) is 0 Å². The molecule has 0 radical (unpaired) electrons. The zero-order chi connectivity index (χ0) is 14.5. The maximum absolute atomic E-state index is 6.01. The Morgan fingerprint density at radius 1 is 1.40 bits per heavy atom. The van der Waals surface area contributed by atoms with Gasteiger partial charge in [-0.1, -0.05) is 24.3 Å². The first-order chi connectivity index (χ1) is 9.67. The van der Waals surface area contributed by atoms with E-state index >= 15 is 0 Å². The number of rotatable bonds is 6. The highest BCUT2D eigenvalue weighted by Gasteiger charge is 2.31. The molecule has 1 aliphatic heterocycles. The van der Waals surface area contributed by atoms with E-state index in [-0.39, 0.29) is 12.1 Å². The molecule has 0 aromatic heterocycles. The number of nitrogens with zero attached hydrogens (tertiary/aromatic N) is 1. The molecule has 20 heavy (non-hydrogen) atoms. The van der Waals surface area contributed by atoms with Crippen molar-refractivity contribution < 1.29 is 9.47 Å². The predicted octanol–water partition coefficient (Wildman–Crippen LogP) is 1.94. The highest BCUT2D eigenvalue weighted by Crippen LogP contribution is 2.27. The molecular weight excluding hydrogens is 252 g/mol. The van der Waals surface area contributed by atoms with E-state index in [0.717, 1.165) is 13.0 Å². The average Bonchev–Trinajstić information content (AvgIpc) is 2.88. The number of benzene rings is 1. The Kier molecular flexibility index (Phi) is 5.54. The molecule has 0 spiro atoms. The zero-order valence-corrected chi connectivity index (χ0v) is 12.7. The van der Waals surface area contributed by atoms with Crippen molar-refractivity contribution in [3.63, 3.8) is 0 Å². The van der Waals surface area contributed by atoms with Crippen molar-refractivity contribution >= 4 is 0 Å². The second-order valence-corrected chi connectivity index (χ2v) is 5.52. The van der Waals surface area contributed by atoms with Crippen molar-refractivity contribution in [2.24, 2.45) is 5.73 Å². The minimum atomic E-state index is 0.237. The van der Waals surface area contributed by atoms with E-state index in [2.05, 4.69) is 43.1 Å². The number of methoxy groups -OCH3 is 1. The molecule has 3 atom stereocenters. The summed E-state index contributed by atoms with van der Waals surface area (Å²) in [7, 11) is 3.86. The molecular formula is C16H26N2O2. The average molecular weight is 278 g/mol. The first-order valence-corrected chi connectivity index (χ1v) is 7.28. The molecule has 1 fully saturated rings. The normalized spacial score (nSPS) is 24.2. The van der Waals surface area contributed by atoms with E-state index in [1.165, 1.54) is 11.1 Å². The topological polar surface area (TPSA) is 47.7 Å². The van der Waals surface area contributed by atoms with Gasteiger partial charge in [0.25, 0.3) is 0 Å². The molecule has 1 aliphatic rings. The lowest BCUT2D eigenvalue weighted by Crippen LogP contribution is -2.42. The molecule has 3 unspecified atom stereocenters. The lowest BCUT2D eigenvalue weighted by Gasteiger charge is -2.34. The van der Waals surface area contributed by atoms with E-state index in [1.807, 2.05) is 0 Å². The molecule has 4 heteroatoms. The fraction of sp³-hybridized carbons (Fsp3) is 0.625. The summed E-state index contributed by atoms with van der Waals surface area (Å²) in [5.74, 6) is 0. The van der Waals surface area contributed by atoms with Crippen molar-refractivity contribution in [2.45, 2.75) is 38.1 Å². The molecule has 1 heterocycles. The quantitative estimate of drug-likeness (QED) is 0.864. The summed E-state index contributed by atoms with van der Waals surface area (Å²) >= 11 is 0. The van der Waals surface area contributed by atoms with Crippen LogP contribution < -0.4 is 5.73 Å². The smallest absolute Gasteiger partial charge is 0.0713 e. The zero-order valence-electron chi connectivity index (χ0n) is 12.7. The molecule has 2 N–H and O–H groups in total. The molecule has 0 saturated carbocycles. The fourth-order valence-corrected chi connectivity index (χ4v) is 3.03. The van der Waals surface area contributed by atoms with Crippen molar-refractivity contribution in [1.29, 1.82) is 0 Å². The molecule has 112 valence electrons. The maximum atomic E-state index is 6.01. The van der Waals surface area contributed by atoms with Crippen LogP contribution in [0.4, 0.5) is 0 Å². The molecule has 0 bridgehead atoms. The molecule has 0 amide bonds. The Labute approximate surface area is 121 Å².